The normalized spacial score (nSPS) is 13.4. The van der Waals surface area contributed by atoms with E-state index in [1.165, 1.54) is 22.8 Å². The molecule has 0 saturated carbocycles. The molecule has 0 N–H and O–H groups in total. The Morgan fingerprint density at radius 2 is 0.811 bits per heavy atom. The minimum atomic E-state index is -1.51. The van der Waals surface area contributed by atoms with E-state index in [-0.39, 0.29) is 22.2 Å². The van der Waals surface area contributed by atoms with Crippen LogP contribution in [-0.2, 0) is 22.2 Å². The Bertz CT molecular complexity index is 1190. The molecule has 2 aromatic heterocycles. The van der Waals surface area contributed by atoms with Gasteiger partial charge in [-0.05, 0) is 107 Å². The number of aromatic nitrogens is 4. The van der Waals surface area contributed by atoms with E-state index in [1.807, 2.05) is 0 Å². The zero-order valence-electron chi connectivity index (χ0n) is 25.0. The first kappa shape index (κ1) is 27.6. The van der Waals surface area contributed by atoms with E-state index < -0.39 is 18.0 Å². The Hall–Kier alpha value is -2.39. The summed E-state index contributed by atoms with van der Waals surface area (Å²) in [7, 11) is -3.01. The zero-order chi connectivity index (χ0) is 27.6. The second-order valence-corrected chi connectivity index (χ2v) is 17.8. The Morgan fingerprint density at radius 1 is 0.514 bits per heavy atom. The highest BCUT2D eigenvalue weighted by Crippen LogP contribution is 2.29. The van der Waals surface area contributed by atoms with E-state index in [2.05, 4.69) is 161 Å². The topological polar surface area (TPSA) is 26.8 Å². The molecule has 0 bridgehead atoms. The summed E-state index contributed by atoms with van der Waals surface area (Å²) < 4.78 is 17.8. The van der Waals surface area contributed by atoms with Crippen LogP contribution in [0.1, 0.15) is 83.1 Å². The molecule has 0 saturated heterocycles. The van der Waals surface area contributed by atoms with Gasteiger partial charge >= 0.3 is 0 Å². The Kier molecular flexibility index (Phi) is 6.81. The fourth-order valence-corrected chi connectivity index (χ4v) is 11.2. The lowest BCUT2D eigenvalue weighted by atomic mass is 10.1. The van der Waals surface area contributed by atoms with Crippen LogP contribution < -0.4 is 12.6 Å². The van der Waals surface area contributed by atoms with Crippen LogP contribution in [0.25, 0.3) is 22.8 Å². The van der Waals surface area contributed by atoms with Crippen LogP contribution in [0, 0.1) is 0 Å². The van der Waals surface area contributed by atoms with Gasteiger partial charge in [-0.2, -0.15) is 0 Å². The number of hydrogen-bond acceptors (Lipinski definition) is 1. The van der Waals surface area contributed by atoms with Crippen LogP contribution >= 0.6 is 0 Å². The van der Waals surface area contributed by atoms with Crippen molar-refractivity contribution in [1.82, 2.24) is 8.44 Å². The van der Waals surface area contributed by atoms with E-state index in [0.29, 0.717) is 0 Å². The minimum Gasteiger partial charge on any atom is -0.822 e. The van der Waals surface area contributed by atoms with Gasteiger partial charge in [0.05, 0.1) is 0 Å². The first-order valence-corrected chi connectivity index (χ1v) is 16.0. The molecule has 0 fully saturated rings. The summed E-state index contributed by atoms with van der Waals surface area (Å²) in [6, 6.07) is 21.7. The van der Waals surface area contributed by atoms with Crippen molar-refractivity contribution in [2.75, 3.05) is 0 Å². The van der Waals surface area contributed by atoms with Crippen molar-refractivity contribution in [3.05, 3.63) is 60.7 Å². The molecule has 0 unspecified atom stereocenters. The van der Waals surface area contributed by atoms with Crippen molar-refractivity contribution < 1.29 is 12.6 Å². The van der Waals surface area contributed by atoms with Gasteiger partial charge in [-0.1, -0.05) is 36.4 Å². The van der Waals surface area contributed by atoms with Crippen LogP contribution in [0.5, 0.6) is 0 Å². The van der Waals surface area contributed by atoms with Crippen molar-refractivity contribution in [3.63, 3.8) is 0 Å². The fourth-order valence-electron chi connectivity index (χ4n) is 5.05. The molecular weight excluding hydrogens is 489 g/mol. The van der Waals surface area contributed by atoms with Gasteiger partial charge in [-0.3, -0.25) is 0 Å². The second-order valence-electron chi connectivity index (χ2n) is 14.1. The molecule has 200 valence electrons. The lowest BCUT2D eigenvalue weighted by molar-refractivity contribution is -0.727. The molecule has 5 nitrogen and oxygen atoms in total. The lowest BCUT2D eigenvalue weighted by Gasteiger charge is -2.54. The van der Waals surface area contributed by atoms with Crippen LogP contribution in [0.15, 0.2) is 60.7 Å². The average Bonchev–Trinajstić information content (AvgIpc) is 2.69. The molecule has 0 spiro atoms. The van der Waals surface area contributed by atoms with Gasteiger partial charge < -0.3 is 21.0 Å². The summed E-state index contributed by atoms with van der Waals surface area (Å²) in [6.07, 6.45) is 0. The Morgan fingerprint density at radius 3 is 1.05 bits per heavy atom. The summed E-state index contributed by atoms with van der Waals surface area (Å²) in [5.41, 5.74) is 2.29. The van der Waals surface area contributed by atoms with Gasteiger partial charge in [0.2, 0.25) is 0 Å². The van der Waals surface area contributed by atoms with E-state index in [4.69, 9.17) is 4.12 Å². The average molecular weight is 535 g/mol. The number of hydrogen-bond donors (Lipinski definition) is 0. The number of benzene rings is 2. The molecule has 0 amide bonds. The summed E-state index contributed by atoms with van der Waals surface area (Å²) >= 11 is 0. The van der Waals surface area contributed by atoms with E-state index >= 15 is 0 Å². The first-order valence-electron chi connectivity index (χ1n) is 13.4. The summed E-state index contributed by atoms with van der Waals surface area (Å²) in [4.78, 5) is 0. The van der Waals surface area contributed by atoms with Crippen LogP contribution in [0.4, 0.5) is 0 Å². The molecule has 0 aliphatic carbocycles. The summed E-state index contributed by atoms with van der Waals surface area (Å²) in [5, 5.41) is 0. The third kappa shape index (κ3) is 5.04. The first-order chi connectivity index (χ1) is 16.9. The molecule has 4 rings (SSSR count). The highest BCUT2D eigenvalue weighted by atomic mass is 28.3. The SMILES string of the molecule is CC(C)(C)n1c(-c2ccccc2)[n+](C(C)(C)C)[si-]1O[si-]1n(C(C)(C)C)c(-c2ccccc2)[n+]1C(C)(C)C. The largest absolute Gasteiger partial charge is 0.822 e. The highest BCUT2D eigenvalue weighted by molar-refractivity contribution is 6.46. The van der Waals surface area contributed by atoms with Gasteiger partial charge in [0.1, 0.15) is 0 Å². The van der Waals surface area contributed by atoms with Crippen molar-refractivity contribution in [2.24, 2.45) is 0 Å². The number of rotatable bonds is 4. The molecule has 37 heavy (non-hydrogen) atoms. The summed E-state index contributed by atoms with van der Waals surface area (Å²) in [6.45, 7) is 27.7. The van der Waals surface area contributed by atoms with Gasteiger partial charge in [-0.25, -0.2) is 0 Å². The maximum atomic E-state index is 7.45. The predicted molar refractivity (Wildman–Crippen MR) is 155 cm³/mol. The third-order valence-corrected chi connectivity index (χ3v) is 13.1. The second kappa shape index (κ2) is 9.12. The van der Waals surface area contributed by atoms with Crippen molar-refractivity contribution in [3.8, 4) is 22.8 Å². The molecule has 0 aliphatic heterocycles. The number of nitrogens with zero attached hydrogens (tertiary/aromatic N) is 4. The molecule has 0 atom stereocenters. The maximum Gasteiger partial charge on any atom is 0.273 e. The van der Waals surface area contributed by atoms with Gasteiger partial charge in [-0.15, -0.1) is 0 Å². The van der Waals surface area contributed by atoms with Crippen LogP contribution in [0.3, 0.4) is 0 Å². The van der Waals surface area contributed by atoms with Crippen LogP contribution in [-0.4, -0.2) is 26.4 Å². The predicted octanol–water partition coefficient (Wildman–Crippen LogP) is 5.60. The molecule has 2 aromatic carbocycles. The zero-order valence-corrected chi connectivity index (χ0v) is 27.0. The van der Waals surface area contributed by atoms with Crippen molar-refractivity contribution >= 4 is 18.0 Å². The summed E-state index contributed by atoms with van der Waals surface area (Å²) in [5.74, 6) is 2.57. The highest BCUT2D eigenvalue weighted by Gasteiger charge is 2.36. The third-order valence-electron chi connectivity index (χ3n) is 6.54. The Labute approximate surface area is 227 Å². The molecule has 7 heteroatoms. The van der Waals surface area contributed by atoms with Crippen LogP contribution in [0.2, 0.25) is 0 Å². The molecule has 0 radical (unpaired) electrons. The van der Waals surface area contributed by atoms with Gasteiger partial charge in [0.25, 0.3) is 18.0 Å². The smallest absolute Gasteiger partial charge is 0.273 e. The lowest BCUT2D eigenvalue weighted by Crippen LogP contribution is -2.78. The van der Waals surface area contributed by atoms with Gasteiger partial charge in [0, 0.05) is 33.3 Å². The molecule has 4 aromatic rings. The van der Waals surface area contributed by atoms with E-state index in [0.717, 1.165) is 0 Å². The fraction of sp³-hybridized carbons (Fsp3) is 0.533. The molecule has 2 heterocycles. The minimum absolute atomic E-state index is 0.0570. The van der Waals surface area contributed by atoms with Gasteiger partial charge in [0.15, 0.2) is 11.6 Å². The maximum absolute atomic E-state index is 7.45. The monoisotopic (exact) mass is 534 g/mol. The van der Waals surface area contributed by atoms with E-state index in [1.54, 1.807) is 0 Å². The van der Waals surface area contributed by atoms with Crippen molar-refractivity contribution in [2.45, 2.75) is 105 Å². The molecule has 0 aliphatic rings. The van der Waals surface area contributed by atoms with Crippen molar-refractivity contribution in [1.29, 1.82) is 0 Å². The quantitative estimate of drug-likeness (QED) is 0.313. The Balaban J connectivity index is 2.00. The standard InChI is InChI=1S/C30H46N4OSi2/c1-27(2,3)31-25(23-19-15-13-16-20-23)32(28(4,5)6)36(31)35-37-33(29(7,8)9)26(34(37)30(10,11)12)24-21-17-14-18-22-24/h13-22H,1-12H3. The van der Waals surface area contributed by atoms with E-state index in [9.17, 15) is 0 Å². The molecular formula is C30H46N4OSi2.